The van der Waals surface area contributed by atoms with Gasteiger partial charge in [0.2, 0.25) is 0 Å². The first-order valence-electron chi connectivity index (χ1n) is 34.3. The van der Waals surface area contributed by atoms with E-state index < -0.39 is 6.10 Å². The Morgan fingerprint density at radius 1 is 0.250 bits per heavy atom. The zero-order valence-corrected chi connectivity index (χ0v) is 51.6. The van der Waals surface area contributed by atoms with Gasteiger partial charge >= 0.3 is 17.9 Å². The molecular formula is C70H132O6. The standard InChI is InChI=1S/C70H132O6/c1-4-7-10-13-16-19-22-25-28-30-32-33-34-35-36-37-39-40-42-45-48-51-54-57-60-63-69(72)75-66-67(65-74-68(71)62-59-56-53-50-47-44-27-24-21-18-15-12-9-6-3)76-70(73)64-61-58-55-52-49-46-43-41-38-31-29-26-23-20-17-14-11-8-5-2/h24,27,30,32,67H,4-23,25-26,28-29,31,33-66H2,1-3H3/b27-24-,32-30-. The van der Waals surface area contributed by atoms with E-state index in [1.807, 2.05) is 0 Å². The highest BCUT2D eigenvalue weighted by atomic mass is 16.6. The summed E-state index contributed by atoms with van der Waals surface area (Å²) in [6.45, 7) is 6.70. The van der Waals surface area contributed by atoms with Gasteiger partial charge < -0.3 is 14.2 Å². The summed E-state index contributed by atoms with van der Waals surface area (Å²) >= 11 is 0. The smallest absolute Gasteiger partial charge is 0.306 e. The highest BCUT2D eigenvalue weighted by molar-refractivity contribution is 5.71. The van der Waals surface area contributed by atoms with Crippen LogP contribution in [0.4, 0.5) is 0 Å². The molecule has 448 valence electrons. The molecule has 0 aromatic rings. The molecule has 0 saturated heterocycles. The van der Waals surface area contributed by atoms with Crippen molar-refractivity contribution in [3.05, 3.63) is 24.3 Å². The Morgan fingerprint density at radius 2 is 0.434 bits per heavy atom. The van der Waals surface area contributed by atoms with Crippen molar-refractivity contribution in [2.45, 2.75) is 393 Å². The first-order chi connectivity index (χ1) is 37.5. The normalized spacial score (nSPS) is 12.1. The van der Waals surface area contributed by atoms with E-state index in [4.69, 9.17) is 14.2 Å². The minimum Gasteiger partial charge on any atom is -0.462 e. The maximum atomic E-state index is 12.9. The lowest BCUT2D eigenvalue weighted by Crippen LogP contribution is -2.30. The molecule has 0 radical (unpaired) electrons. The Balaban J connectivity index is 4.24. The number of ether oxygens (including phenoxy) is 3. The molecule has 0 bridgehead atoms. The van der Waals surface area contributed by atoms with E-state index in [-0.39, 0.29) is 31.1 Å². The molecule has 76 heavy (non-hydrogen) atoms. The number of carbonyl (C=O) groups is 3. The molecular weight excluding hydrogens is 937 g/mol. The van der Waals surface area contributed by atoms with Crippen LogP contribution in [0.2, 0.25) is 0 Å². The van der Waals surface area contributed by atoms with Gasteiger partial charge in [-0.2, -0.15) is 0 Å². The fourth-order valence-corrected chi connectivity index (χ4v) is 10.5. The second-order valence-corrected chi connectivity index (χ2v) is 23.4. The van der Waals surface area contributed by atoms with E-state index >= 15 is 0 Å². The van der Waals surface area contributed by atoms with Gasteiger partial charge in [-0.1, -0.05) is 321 Å². The van der Waals surface area contributed by atoms with Gasteiger partial charge in [-0.05, 0) is 70.6 Å². The van der Waals surface area contributed by atoms with Gasteiger partial charge in [0.25, 0.3) is 0 Å². The predicted molar refractivity (Wildman–Crippen MR) is 330 cm³/mol. The molecule has 0 amide bonds. The number of hydrogen-bond acceptors (Lipinski definition) is 6. The molecule has 0 fully saturated rings. The summed E-state index contributed by atoms with van der Waals surface area (Å²) in [7, 11) is 0. The van der Waals surface area contributed by atoms with Crippen molar-refractivity contribution in [3.63, 3.8) is 0 Å². The maximum absolute atomic E-state index is 12.9. The minimum absolute atomic E-state index is 0.0683. The van der Waals surface area contributed by atoms with Crippen LogP contribution in [0.25, 0.3) is 0 Å². The Bertz CT molecular complexity index is 1230. The maximum Gasteiger partial charge on any atom is 0.306 e. The summed E-state index contributed by atoms with van der Waals surface area (Å²) in [6, 6.07) is 0. The fraction of sp³-hybridized carbons (Fsp3) is 0.900. The summed E-state index contributed by atoms with van der Waals surface area (Å²) < 4.78 is 17.0. The van der Waals surface area contributed by atoms with Crippen LogP contribution in [0.5, 0.6) is 0 Å². The monoisotopic (exact) mass is 1070 g/mol. The highest BCUT2D eigenvalue weighted by Crippen LogP contribution is 2.18. The number of hydrogen-bond donors (Lipinski definition) is 0. The van der Waals surface area contributed by atoms with E-state index in [0.717, 1.165) is 64.2 Å². The first kappa shape index (κ1) is 73.9. The SMILES string of the molecule is CCCCCCC/C=C\CCCCCCCC(=O)OCC(COC(=O)CCCCCCCCCCCCCCC/C=C\CCCCCCCCCC)OC(=O)CCCCCCCCCCCCCCCCCCCCC. The van der Waals surface area contributed by atoms with Crippen LogP contribution in [-0.4, -0.2) is 37.2 Å². The zero-order valence-electron chi connectivity index (χ0n) is 51.6. The van der Waals surface area contributed by atoms with Crippen molar-refractivity contribution in [2.24, 2.45) is 0 Å². The van der Waals surface area contributed by atoms with E-state index in [2.05, 4.69) is 45.1 Å². The van der Waals surface area contributed by atoms with Crippen LogP contribution >= 0.6 is 0 Å². The highest BCUT2D eigenvalue weighted by Gasteiger charge is 2.19. The minimum atomic E-state index is -0.772. The van der Waals surface area contributed by atoms with Gasteiger partial charge in [-0.3, -0.25) is 14.4 Å². The average Bonchev–Trinajstić information content (AvgIpc) is 3.42. The summed E-state index contributed by atoms with van der Waals surface area (Å²) in [6.07, 6.45) is 79.1. The predicted octanol–water partition coefficient (Wildman–Crippen LogP) is 23.4. The Hall–Kier alpha value is -2.11. The first-order valence-corrected chi connectivity index (χ1v) is 34.3. The molecule has 0 aliphatic heterocycles. The lowest BCUT2D eigenvalue weighted by atomic mass is 10.0. The third-order valence-corrected chi connectivity index (χ3v) is 15.7. The van der Waals surface area contributed by atoms with Crippen molar-refractivity contribution in [1.82, 2.24) is 0 Å². The Labute approximate surface area is 474 Å². The van der Waals surface area contributed by atoms with E-state index in [0.29, 0.717) is 19.3 Å². The van der Waals surface area contributed by atoms with Crippen LogP contribution < -0.4 is 0 Å². The lowest BCUT2D eigenvalue weighted by Gasteiger charge is -2.18. The number of allylic oxidation sites excluding steroid dienone is 4. The number of carbonyl (C=O) groups excluding carboxylic acids is 3. The molecule has 0 heterocycles. The van der Waals surface area contributed by atoms with Crippen LogP contribution in [0.15, 0.2) is 24.3 Å². The molecule has 1 unspecified atom stereocenters. The molecule has 0 saturated carbocycles. The third kappa shape index (κ3) is 62.7. The lowest BCUT2D eigenvalue weighted by molar-refractivity contribution is -0.167. The zero-order chi connectivity index (χ0) is 55.0. The molecule has 0 aromatic heterocycles. The van der Waals surface area contributed by atoms with Crippen LogP contribution in [-0.2, 0) is 28.6 Å². The van der Waals surface area contributed by atoms with Gasteiger partial charge in [0, 0.05) is 19.3 Å². The second-order valence-electron chi connectivity index (χ2n) is 23.4. The van der Waals surface area contributed by atoms with Crippen LogP contribution in [0.1, 0.15) is 387 Å². The van der Waals surface area contributed by atoms with E-state index in [1.165, 1.54) is 283 Å². The largest absolute Gasteiger partial charge is 0.462 e. The molecule has 6 nitrogen and oxygen atoms in total. The second kappa shape index (κ2) is 65.4. The summed E-state index contributed by atoms with van der Waals surface area (Å²) in [5.74, 6) is -0.847. The molecule has 0 rings (SSSR count). The van der Waals surface area contributed by atoms with Crippen molar-refractivity contribution in [2.75, 3.05) is 13.2 Å². The molecule has 0 aliphatic carbocycles. The van der Waals surface area contributed by atoms with Gasteiger partial charge in [0.05, 0.1) is 0 Å². The molecule has 0 aliphatic rings. The van der Waals surface area contributed by atoms with Crippen molar-refractivity contribution in [3.8, 4) is 0 Å². The molecule has 1 atom stereocenters. The Kier molecular flexibility index (Phi) is 63.6. The quantitative estimate of drug-likeness (QED) is 0.0261. The van der Waals surface area contributed by atoms with Crippen molar-refractivity contribution < 1.29 is 28.6 Å². The number of esters is 3. The summed E-state index contributed by atoms with van der Waals surface area (Å²) in [5.41, 5.74) is 0. The van der Waals surface area contributed by atoms with Gasteiger partial charge in [-0.25, -0.2) is 0 Å². The summed E-state index contributed by atoms with van der Waals surface area (Å²) in [5, 5.41) is 0. The van der Waals surface area contributed by atoms with E-state index in [9.17, 15) is 14.4 Å². The van der Waals surface area contributed by atoms with Crippen LogP contribution in [0.3, 0.4) is 0 Å². The van der Waals surface area contributed by atoms with Gasteiger partial charge in [0.1, 0.15) is 13.2 Å². The average molecular weight is 1070 g/mol. The fourth-order valence-electron chi connectivity index (χ4n) is 10.5. The topological polar surface area (TPSA) is 78.9 Å². The molecule has 0 N–H and O–H groups in total. The van der Waals surface area contributed by atoms with Gasteiger partial charge in [-0.15, -0.1) is 0 Å². The summed E-state index contributed by atoms with van der Waals surface area (Å²) in [4.78, 5) is 38.4. The van der Waals surface area contributed by atoms with Crippen molar-refractivity contribution >= 4 is 17.9 Å². The van der Waals surface area contributed by atoms with Crippen LogP contribution in [0, 0.1) is 0 Å². The van der Waals surface area contributed by atoms with Gasteiger partial charge in [0.15, 0.2) is 6.10 Å². The number of rotatable bonds is 64. The van der Waals surface area contributed by atoms with E-state index in [1.54, 1.807) is 0 Å². The molecule has 0 aromatic carbocycles. The Morgan fingerprint density at radius 3 is 0.658 bits per heavy atom. The molecule has 0 spiro atoms. The van der Waals surface area contributed by atoms with Crippen molar-refractivity contribution in [1.29, 1.82) is 0 Å². The number of unbranched alkanes of at least 4 members (excludes halogenated alkanes) is 49. The third-order valence-electron chi connectivity index (χ3n) is 15.7. The molecule has 6 heteroatoms.